The molecule has 0 N–H and O–H groups in total. The standard InChI is InChI=1S/C10H9NS3.HI/c1-12-10-7-9(13-14-10)11-8-5-3-2-4-6-8;/h2-7H,1H3;1H. The Hall–Kier alpha value is 0.150. The quantitative estimate of drug-likeness (QED) is 0.436. The molecule has 0 radical (unpaired) electrons. The van der Waals surface area contributed by atoms with E-state index in [1.165, 1.54) is 4.21 Å². The third-order valence-corrected chi connectivity index (χ3v) is 5.28. The molecule has 0 atom stereocenters. The highest BCUT2D eigenvalue weighted by Crippen LogP contribution is 2.21. The molecule has 2 rings (SSSR count). The van der Waals surface area contributed by atoms with Crippen molar-refractivity contribution in [1.82, 2.24) is 0 Å². The summed E-state index contributed by atoms with van der Waals surface area (Å²) >= 11 is 1.77. The fourth-order valence-electron chi connectivity index (χ4n) is 1.01. The number of hydrogen-bond acceptors (Lipinski definition) is 4. The van der Waals surface area contributed by atoms with Crippen molar-refractivity contribution in [2.24, 2.45) is 4.99 Å². The first-order chi connectivity index (χ1) is 6.88. The molecule has 0 fully saturated rings. The molecule has 0 unspecified atom stereocenters. The van der Waals surface area contributed by atoms with E-state index < -0.39 is 0 Å². The van der Waals surface area contributed by atoms with E-state index in [9.17, 15) is 0 Å². The summed E-state index contributed by atoms with van der Waals surface area (Å²) in [6.07, 6.45) is 2.09. The predicted molar refractivity (Wildman–Crippen MR) is 81.1 cm³/mol. The Morgan fingerprint density at radius 2 is 1.87 bits per heavy atom. The van der Waals surface area contributed by atoms with Gasteiger partial charge in [0.05, 0.1) is 9.90 Å². The number of hydrogen-bond donors (Lipinski definition) is 0. The van der Waals surface area contributed by atoms with Crippen LogP contribution in [-0.2, 0) is 0 Å². The van der Waals surface area contributed by atoms with Gasteiger partial charge in [-0.2, -0.15) is 0 Å². The summed E-state index contributed by atoms with van der Waals surface area (Å²) in [5, 5.41) is 0. The Labute approximate surface area is 118 Å². The van der Waals surface area contributed by atoms with E-state index in [0.717, 1.165) is 10.4 Å². The summed E-state index contributed by atoms with van der Waals surface area (Å²) in [5.74, 6) is 0. The highest BCUT2D eigenvalue weighted by molar-refractivity contribution is 14.0. The first kappa shape index (κ1) is 13.2. The summed E-state index contributed by atoms with van der Waals surface area (Å²) in [5.41, 5.74) is 1.02. The zero-order valence-corrected chi connectivity index (χ0v) is 12.8. The SMILES string of the molecule is CSc1cc(=Nc2ccccc2)ss1.I. The monoisotopic (exact) mass is 367 g/mol. The summed E-state index contributed by atoms with van der Waals surface area (Å²) in [7, 11) is 3.50. The van der Waals surface area contributed by atoms with Crippen molar-refractivity contribution in [3.8, 4) is 0 Å². The van der Waals surface area contributed by atoms with E-state index in [2.05, 4.69) is 17.3 Å². The lowest BCUT2D eigenvalue weighted by Crippen LogP contribution is -1.87. The van der Waals surface area contributed by atoms with Gasteiger partial charge in [-0.05, 0) is 24.5 Å². The highest BCUT2D eigenvalue weighted by atomic mass is 127. The minimum Gasteiger partial charge on any atom is -0.237 e. The molecule has 80 valence electrons. The van der Waals surface area contributed by atoms with Crippen molar-refractivity contribution in [2.45, 2.75) is 4.21 Å². The van der Waals surface area contributed by atoms with Gasteiger partial charge < -0.3 is 0 Å². The molecule has 0 bridgehead atoms. The van der Waals surface area contributed by atoms with Crippen LogP contribution in [0.3, 0.4) is 0 Å². The molecular formula is C10H10INS3. The summed E-state index contributed by atoms with van der Waals surface area (Å²) in [6, 6.07) is 12.2. The van der Waals surface area contributed by atoms with Crippen LogP contribution in [0.4, 0.5) is 5.69 Å². The number of thioether (sulfide) groups is 1. The lowest BCUT2D eigenvalue weighted by atomic mass is 10.3. The van der Waals surface area contributed by atoms with Crippen LogP contribution in [0.15, 0.2) is 45.6 Å². The molecule has 2 aromatic rings. The maximum atomic E-state index is 4.53. The first-order valence-corrected chi connectivity index (χ1v) is 7.50. The molecule has 1 heterocycles. The van der Waals surface area contributed by atoms with Crippen LogP contribution in [0, 0.1) is 0 Å². The number of nitrogens with zero attached hydrogens (tertiary/aromatic N) is 1. The Morgan fingerprint density at radius 3 is 2.47 bits per heavy atom. The second-order valence-electron chi connectivity index (χ2n) is 2.62. The minimum atomic E-state index is 0. The van der Waals surface area contributed by atoms with E-state index in [1.807, 2.05) is 30.3 Å². The number of halogens is 1. The second kappa shape index (κ2) is 6.67. The number of rotatable bonds is 2. The number of para-hydroxylation sites is 1. The van der Waals surface area contributed by atoms with Gasteiger partial charge in [0.15, 0.2) is 0 Å². The van der Waals surface area contributed by atoms with Crippen LogP contribution >= 0.6 is 56.4 Å². The van der Waals surface area contributed by atoms with E-state index in [1.54, 1.807) is 32.4 Å². The van der Waals surface area contributed by atoms with Gasteiger partial charge in [0.25, 0.3) is 0 Å². The van der Waals surface area contributed by atoms with Gasteiger partial charge in [-0.25, -0.2) is 4.99 Å². The molecule has 1 nitrogen and oxygen atoms in total. The van der Waals surface area contributed by atoms with Crippen molar-refractivity contribution >= 4 is 62.1 Å². The van der Waals surface area contributed by atoms with E-state index in [-0.39, 0.29) is 24.0 Å². The zero-order valence-electron chi connectivity index (χ0n) is 8.04. The zero-order chi connectivity index (χ0) is 9.80. The van der Waals surface area contributed by atoms with Gasteiger partial charge >= 0.3 is 0 Å². The summed E-state index contributed by atoms with van der Waals surface area (Å²) < 4.78 is 2.41. The largest absolute Gasteiger partial charge is 0.237 e. The third kappa shape index (κ3) is 3.90. The van der Waals surface area contributed by atoms with Crippen molar-refractivity contribution < 1.29 is 0 Å². The first-order valence-electron chi connectivity index (χ1n) is 4.12. The van der Waals surface area contributed by atoms with Crippen molar-refractivity contribution in [2.75, 3.05) is 6.26 Å². The molecule has 1 aromatic carbocycles. The highest BCUT2D eigenvalue weighted by Gasteiger charge is 1.93. The predicted octanol–water partition coefficient (Wildman–Crippen LogP) is 4.38. The molecular weight excluding hydrogens is 357 g/mol. The smallest absolute Gasteiger partial charge is 0.128 e. The van der Waals surface area contributed by atoms with Gasteiger partial charge in [-0.15, -0.1) is 35.7 Å². The lowest BCUT2D eigenvalue weighted by Gasteiger charge is -1.87. The Kier molecular flexibility index (Phi) is 5.88. The van der Waals surface area contributed by atoms with Gasteiger partial charge in [0.1, 0.15) is 4.67 Å². The third-order valence-electron chi connectivity index (χ3n) is 1.65. The van der Waals surface area contributed by atoms with Gasteiger partial charge in [0, 0.05) is 0 Å². The van der Waals surface area contributed by atoms with Crippen LogP contribution in [0.2, 0.25) is 0 Å². The van der Waals surface area contributed by atoms with E-state index in [0.29, 0.717) is 0 Å². The maximum Gasteiger partial charge on any atom is 0.128 e. The fourth-order valence-corrected chi connectivity index (χ4v) is 4.11. The van der Waals surface area contributed by atoms with Gasteiger partial charge in [-0.3, -0.25) is 0 Å². The van der Waals surface area contributed by atoms with Crippen molar-refractivity contribution in [3.63, 3.8) is 0 Å². The van der Waals surface area contributed by atoms with Crippen LogP contribution < -0.4 is 4.67 Å². The summed E-state index contributed by atoms with van der Waals surface area (Å²) in [4.78, 5) is 4.53. The molecule has 0 aliphatic carbocycles. The van der Waals surface area contributed by atoms with Crippen LogP contribution in [0.5, 0.6) is 0 Å². The van der Waals surface area contributed by atoms with Crippen LogP contribution in [-0.4, -0.2) is 6.26 Å². The van der Waals surface area contributed by atoms with Crippen molar-refractivity contribution in [3.05, 3.63) is 41.1 Å². The summed E-state index contributed by atoms with van der Waals surface area (Å²) in [6.45, 7) is 0. The Balaban J connectivity index is 0.00000112. The fraction of sp³-hybridized carbons (Fsp3) is 0.100. The van der Waals surface area contributed by atoms with E-state index >= 15 is 0 Å². The van der Waals surface area contributed by atoms with Gasteiger partial charge in [-0.1, -0.05) is 38.9 Å². The molecule has 5 heteroatoms. The number of benzene rings is 1. The maximum absolute atomic E-state index is 4.53. The van der Waals surface area contributed by atoms with Crippen molar-refractivity contribution in [1.29, 1.82) is 0 Å². The molecule has 1 aromatic heterocycles. The molecule has 0 spiro atoms. The minimum absolute atomic E-state index is 0. The topological polar surface area (TPSA) is 12.4 Å². The molecule has 15 heavy (non-hydrogen) atoms. The molecule has 0 aliphatic rings. The van der Waals surface area contributed by atoms with Crippen LogP contribution in [0.1, 0.15) is 0 Å². The molecule has 0 saturated heterocycles. The lowest BCUT2D eigenvalue weighted by molar-refractivity contribution is 1.40. The molecule has 0 aliphatic heterocycles. The molecule has 0 saturated carbocycles. The Bertz CT molecular complexity index is 461. The molecule has 0 amide bonds. The average molecular weight is 367 g/mol. The van der Waals surface area contributed by atoms with Crippen LogP contribution in [0.25, 0.3) is 0 Å². The van der Waals surface area contributed by atoms with E-state index in [4.69, 9.17) is 0 Å². The average Bonchev–Trinajstić information content (AvgIpc) is 2.67. The normalized spacial score (nSPS) is 11.1. The van der Waals surface area contributed by atoms with Gasteiger partial charge in [0.2, 0.25) is 0 Å². The Morgan fingerprint density at radius 1 is 1.13 bits per heavy atom. The second-order valence-corrected chi connectivity index (χ2v) is 5.92.